The topological polar surface area (TPSA) is 3.24 Å². The summed E-state index contributed by atoms with van der Waals surface area (Å²) in [5.41, 5.74) is 1.39. The summed E-state index contributed by atoms with van der Waals surface area (Å²) in [7, 11) is 0. The third-order valence-corrected chi connectivity index (χ3v) is 3.33. The van der Waals surface area contributed by atoms with Crippen molar-refractivity contribution in [1.82, 2.24) is 4.90 Å². The normalized spacial score (nSPS) is 17.9. The maximum absolute atomic E-state index is 5.85. The second-order valence-corrected chi connectivity index (χ2v) is 4.72. The quantitative estimate of drug-likeness (QED) is 0.760. The first kappa shape index (κ1) is 11.0. The van der Waals surface area contributed by atoms with Crippen molar-refractivity contribution in [2.75, 3.05) is 19.6 Å². The second kappa shape index (κ2) is 5.53. The Labute approximate surface area is 97.0 Å². The zero-order valence-corrected chi connectivity index (χ0v) is 9.84. The Balaban J connectivity index is 1.79. The van der Waals surface area contributed by atoms with Crippen LogP contribution in [0.5, 0.6) is 0 Å². The molecule has 0 spiro atoms. The molecule has 1 heterocycles. The smallest absolute Gasteiger partial charge is 0.0406 e. The molecule has 0 atom stereocenters. The van der Waals surface area contributed by atoms with Crippen molar-refractivity contribution in [3.05, 3.63) is 34.9 Å². The van der Waals surface area contributed by atoms with Gasteiger partial charge in [0.05, 0.1) is 0 Å². The molecule has 1 aromatic carbocycles. The Kier molecular flexibility index (Phi) is 4.04. The molecule has 0 unspecified atom stereocenters. The minimum atomic E-state index is 0.830. The molecule has 15 heavy (non-hydrogen) atoms. The van der Waals surface area contributed by atoms with E-state index in [9.17, 15) is 0 Å². The van der Waals surface area contributed by atoms with Gasteiger partial charge in [-0.3, -0.25) is 0 Å². The first-order valence-electron chi connectivity index (χ1n) is 5.81. The fourth-order valence-electron chi connectivity index (χ4n) is 2.12. The molecular weight excluding hydrogens is 206 g/mol. The van der Waals surface area contributed by atoms with Gasteiger partial charge in [0.1, 0.15) is 0 Å². The summed E-state index contributed by atoms with van der Waals surface area (Å²) in [5, 5.41) is 0.830. The van der Waals surface area contributed by atoms with Crippen molar-refractivity contribution in [3.8, 4) is 0 Å². The van der Waals surface area contributed by atoms with E-state index in [-0.39, 0.29) is 0 Å². The highest BCUT2D eigenvalue weighted by Gasteiger charge is 2.09. The van der Waals surface area contributed by atoms with Crippen LogP contribution in [0, 0.1) is 0 Å². The van der Waals surface area contributed by atoms with E-state index in [4.69, 9.17) is 11.6 Å². The van der Waals surface area contributed by atoms with Gasteiger partial charge in [0.15, 0.2) is 0 Å². The van der Waals surface area contributed by atoms with Crippen LogP contribution < -0.4 is 0 Å². The Bertz CT molecular complexity index is 288. The van der Waals surface area contributed by atoms with Crippen molar-refractivity contribution in [2.24, 2.45) is 0 Å². The lowest BCUT2D eigenvalue weighted by Crippen LogP contribution is -2.31. The zero-order chi connectivity index (χ0) is 10.5. The lowest BCUT2D eigenvalue weighted by Gasteiger charge is -2.26. The van der Waals surface area contributed by atoms with Crippen molar-refractivity contribution in [3.63, 3.8) is 0 Å². The minimum Gasteiger partial charge on any atom is -0.303 e. The number of rotatable bonds is 3. The van der Waals surface area contributed by atoms with Gasteiger partial charge in [-0.25, -0.2) is 0 Å². The summed E-state index contributed by atoms with van der Waals surface area (Å²) in [4.78, 5) is 2.57. The minimum absolute atomic E-state index is 0.830. The SMILES string of the molecule is Clc1ccc(CCN2CCCCC2)cc1. The highest BCUT2D eigenvalue weighted by molar-refractivity contribution is 6.30. The van der Waals surface area contributed by atoms with Gasteiger partial charge in [-0.1, -0.05) is 30.2 Å². The van der Waals surface area contributed by atoms with E-state index in [1.165, 1.54) is 44.5 Å². The summed E-state index contributed by atoms with van der Waals surface area (Å²) in [6, 6.07) is 8.22. The molecule has 0 aliphatic carbocycles. The van der Waals surface area contributed by atoms with Gasteiger partial charge in [0, 0.05) is 11.6 Å². The molecule has 82 valence electrons. The monoisotopic (exact) mass is 223 g/mol. The molecule has 0 N–H and O–H groups in total. The van der Waals surface area contributed by atoms with Crippen LogP contribution in [-0.2, 0) is 6.42 Å². The molecule has 1 saturated heterocycles. The van der Waals surface area contributed by atoms with Crippen molar-refractivity contribution < 1.29 is 0 Å². The predicted molar refractivity (Wildman–Crippen MR) is 65.4 cm³/mol. The van der Waals surface area contributed by atoms with Gasteiger partial charge in [0.2, 0.25) is 0 Å². The number of hydrogen-bond donors (Lipinski definition) is 0. The van der Waals surface area contributed by atoms with Crippen LogP contribution in [0.4, 0.5) is 0 Å². The van der Waals surface area contributed by atoms with E-state index in [0.717, 1.165) is 11.4 Å². The average molecular weight is 224 g/mol. The molecule has 1 nitrogen and oxygen atoms in total. The Morgan fingerprint density at radius 2 is 1.67 bits per heavy atom. The third kappa shape index (κ3) is 3.51. The van der Waals surface area contributed by atoms with Crippen LogP contribution in [0.2, 0.25) is 5.02 Å². The van der Waals surface area contributed by atoms with Crippen LogP contribution in [0.25, 0.3) is 0 Å². The van der Waals surface area contributed by atoms with Gasteiger partial charge in [-0.2, -0.15) is 0 Å². The van der Waals surface area contributed by atoms with E-state index in [1.807, 2.05) is 12.1 Å². The van der Waals surface area contributed by atoms with E-state index in [2.05, 4.69) is 17.0 Å². The molecule has 0 aromatic heterocycles. The van der Waals surface area contributed by atoms with Gasteiger partial charge >= 0.3 is 0 Å². The molecule has 0 bridgehead atoms. The van der Waals surface area contributed by atoms with Gasteiger partial charge in [0.25, 0.3) is 0 Å². The van der Waals surface area contributed by atoms with Gasteiger partial charge < -0.3 is 4.90 Å². The highest BCUT2D eigenvalue weighted by atomic mass is 35.5. The molecule has 2 heteroatoms. The van der Waals surface area contributed by atoms with E-state index >= 15 is 0 Å². The lowest BCUT2D eigenvalue weighted by atomic mass is 10.1. The summed E-state index contributed by atoms with van der Waals surface area (Å²) >= 11 is 5.85. The molecule has 0 saturated carbocycles. The van der Waals surface area contributed by atoms with Crippen molar-refractivity contribution >= 4 is 11.6 Å². The first-order valence-corrected chi connectivity index (χ1v) is 6.19. The van der Waals surface area contributed by atoms with Crippen LogP contribution in [0.3, 0.4) is 0 Å². The fraction of sp³-hybridized carbons (Fsp3) is 0.538. The van der Waals surface area contributed by atoms with Crippen LogP contribution in [-0.4, -0.2) is 24.5 Å². The predicted octanol–water partition coefficient (Wildman–Crippen LogP) is 3.37. The molecule has 1 fully saturated rings. The zero-order valence-electron chi connectivity index (χ0n) is 9.08. The third-order valence-electron chi connectivity index (χ3n) is 3.08. The summed E-state index contributed by atoms with van der Waals surface area (Å²) in [5.74, 6) is 0. The number of benzene rings is 1. The van der Waals surface area contributed by atoms with Gasteiger partial charge in [-0.05, 0) is 50.0 Å². The number of halogens is 1. The number of hydrogen-bond acceptors (Lipinski definition) is 1. The lowest BCUT2D eigenvalue weighted by molar-refractivity contribution is 0.231. The summed E-state index contributed by atoms with van der Waals surface area (Å²) in [6.07, 6.45) is 5.32. The number of piperidine rings is 1. The fourth-order valence-corrected chi connectivity index (χ4v) is 2.25. The Morgan fingerprint density at radius 3 is 2.33 bits per heavy atom. The van der Waals surface area contributed by atoms with E-state index in [1.54, 1.807) is 0 Å². The second-order valence-electron chi connectivity index (χ2n) is 4.28. The van der Waals surface area contributed by atoms with Crippen LogP contribution in [0.15, 0.2) is 24.3 Å². The van der Waals surface area contributed by atoms with E-state index in [0.29, 0.717) is 0 Å². The maximum atomic E-state index is 5.85. The van der Waals surface area contributed by atoms with Gasteiger partial charge in [-0.15, -0.1) is 0 Å². The number of likely N-dealkylation sites (tertiary alicyclic amines) is 1. The van der Waals surface area contributed by atoms with Crippen molar-refractivity contribution in [2.45, 2.75) is 25.7 Å². The molecule has 0 amide bonds. The summed E-state index contributed by atoms with van der Waals surface area (Å²) in [6.45, 7) is 3.77. The Hall–Kier alpha value is -0.530. The highest BCUT2D eigenvalue weighted by Crippen LogP contribution is 2.12. The molecule has 0 radical (unpaired) electrons. The standard InChI is InChI=1S/C13H18ClN/c14-13-6-4-12(5-7-13)8-11-15-9-2-1-3-10-15/h4-7H,1-3,8-11H2. The molecular formula is C13H18ClN. The molecule has 1 aliphatic heterocycles. The maximum Gasteiger partial charge on any atom is 0.0406 e. The van der Waals surface area contributed by atoms with Crippen LogP contribution >= 0.6 is 11.6 Å². The van der Waals surface area contributed by atoms with Crippen LogP contribution in [0.1, 0.15) is 24.8 Å². The summed E-state index contributed by atoms with van der Waals surface area (Å²) < 4.78 is 0. The average Bonchev–Trinajstić information content (AvgIpc) is 2.30. The van der Waals surface area contributed by atoms with E-state index < -0.39 is 0 Å². The largest absolute Gasteiger partial charge is 0.303 e. The molecule has 1 aliphatic rings. The van der Waals surface area contributed by atoms with Crippen molar-refractivity contribution in [1.29, 1.82) is 0 Å². The molecule has 2 rings (SSSR count). The number of nitrogens with zero attached hydrogens (tertiary/aromatic N) is 1. The Morgan fingerprint density at radius 1 is 1.00 bits per heavy atom. The molecule has 1 aromatic rings. The first-order chi connectivity index (χ1) is 7.34.